The summed E-state index contributed by atoms with van der Waals surface area (Å²) >= 11 is 0. The van der Waals surface area contributed by atoms with Crippen LogP contribution in [0.15, 0.2) is 24.3 Å². The van der Waals surface area contributed by atoms with Gasteiger partial charge in [-0.2, -0.15) is 0 Å². The van der Waals surface area contributed by atoms with Crippen LogP contribution >= 0.6 is 0 Å². The van der Waals surface area contributed by atoms with Gasteiger partial charge in [0.2, 0.25) is 5.91 Å². The molecule has 6 nitrogen and oxygen atoms in total. The van der Waals surface area contributed by atoms with Gasteiger partial charge in [0.15, 0.2) is 0 Å². The topological polar surface area (TPSA) is 79.2 Å². The van der Waals surface area contributed by atoms with E-state index >= 15 is 0 Å². The molecule has 2 aromatic rings. The lowest BCUT2D eigenvalue weighted by Gasteiger charge is -2.55. The third-order valence-corrected chi connectivity index (χ3v) is 11.2. The first-order valence-electron chi connectivity index (χ1n) is 14.4. The van der Waals surface area contributed by atoms with Crippen molar-refractivity contribution in [3.8, 4) is 11.5 Å². The average molecular weight is 534 g/mol. The Balaban J connectivity index is 1.64. The van der Waals surface area contributed by atoms with Crippen molar-refractivity contribution in [3.63, 3.8) is 0 Å². The molecule has 2 aliphatic heterocycles. The molecule has 2 bridgehead atoms. The van der Waals surface area contributed by atoms with Crippen LogP contribution in [0.5, 0.6) is 11.5 Å². The number of benzene rings is 2. The first kappa shape index (κ1) is 26.6. The van der Waals surface area contributed by atoms with E-state index in [1.165, 1.54) is 0 Å². The number of carbonyl (C=O) groups is 1. The van der Waals surface area contributed by atoms with Crippen molar-refractivity contribution in [3.05, 3.63) is 57.6 Å². The second-order valence-electron chi connectivity index (χ2n) is 13.5. The number of fused-ring (bicyclic) bond motifs is 1. The van der Waals surface area contributed by atoms with Gasteiger partial charge in [0.1, 0.15) is 11.5 Å². The molecule has 2 heterocycles. The van der Waals surface area contributed by atoms with E-state index in [1.54, 1.807) is 7.11 Å². The van der Waals surface area contributed by atoms with E-state index in [-0.39, 0.29) is 40.3 Å². The summed E-state index contributed by atoms with van der Waals surface area (Å²) in [5, 5.41) is 21.3. The molecule has 2 N–H and O–H groups in total. The lowest BCUT2D eigenvalue weighted by molar-refractivity contribution is -0.164. The highest BCUT2D eigenvalue weighted by Crippen LogP contribution is 2.85. The molecular weight excluding hydrogens is 490 g/mol. The van der Waals surface area contributed by atoms with Crippen molar-refractivity contribution in [2.75, 3.05) is 20.3 Å². The summed E-state index contributed by atoms with van der Waals surface area (Å²) in [6.45, 7) is 13.6. The number of nitrogens with zero attached hydrogens (tertiary/aromatic N) is 1. The molecule has 0 aromatic heterocycles. The van der Waals surface area contributed by atoms with Gasteiger partial charge in [-0.05, 0) is 104 Å². The summed E-state index contributed by atoms with van der Waals surface area (Å²) in [6.07, 6.45) is 3.16. The first-order chi connectivity index (χ1) is 18.4. The Morgan fingerprint density at radius 3 is 2.10 bits per heavy atom. The number of phenolic OH excluding ortho intramolecular Hbond substituents is 2. The lowest BCUT2D eigenvalue weighted by atomic mass is 9.51. The van der Waals surface area contributed by atoms with Crippen LogP contribution in [-0.4, -0.2) is 47.4 Å². The molecule has 1 unspecified atom stereocenters. The molecule has 1 spiro atoms. The van der Waals surface area contributed by atoms with Gasteiger partial charge in [-0.25, -0.2) is 0 Å². The van der Waals surface area contributed by atoms with Gasteiger partial charge < -0.3 is 24.6 Å². The number of ether oxygens (including phenoxy) is 2. The maximum Gasteiger partial charge on any atom is 0.225 e. The standard InChI is InChI=1S/C33H43NO5/c1-18-12-22(13-19(2)26(18)36)28-33-17-24-16-32(33,30(31(24,5)6)34(28)25(35)8-10-38-7)9-11-39-29(33)23-14-20(3)27(37)21(4)15-23/h12-15,24,28-30,36-37H,8-11,16-17H2,1-7H3/t24-,28?,29-,30+,32-,33+/m0/s1. The number of rotatable bonds is 5. The van der Waals surface area contributed by atoms with Crippen LogP contribution in [0, 0.1) is 49.9 Å². The number of aryl methyl sites for hydroxylation is 4. The van der Waals surface area contributed by atoms with E-state index in [1.807, 2.05) is 27.7 Å². The van der Waals surface area contributed by atoms with Gasteiger partial charge in [-0.1, -0.05) is 26.0 Å². The van der Waals surface area contributed by atoms with Gasteiger partial charge in [-0.3, -0.25) is 4.79 Å². The molecular formula is C33H43NO5. The molecule has 4 aliphatic rings. The van der Waals surface area contributed by atoms with Crippen molar-refractivity contribution in [1.82, 2.24) is 4.90 Å². The van der Waals surface area contributed by atoms with Crippen LogP contribution in [0.3, 0.4) is 0 Å². The Bertz CT molecular complexity index is 1300. The number of likely N-dealkylation sites (tertiary alicyclic amines) is 1. The van der Waals surface area contributed by atoms with Crippen LogP contribution in [0.1, 0.15) is 85.1 Å². The van der Waals surface area contributed by atoms with Crippen LogP contribution in [-0.2, 0) is 14.3 Å². The highest BCUT2D eigenvalue weighted by atomic mass is 16.5. The van der Waals surface area contributed by atoms with Crippen molar-refractivity contribution in [2.45, 2.75) is 85.4 Å². The van der Waals surface area contributed by atoms with E-state index in [0.717, 1.165) is 52.6 Å². The summed E-state index contributed by atoms with van der Waals surface area (Å²) in [4.78, 5) is 16.5. The fraction of sp³-hybridized carbons (Fsp3) is 0.606. The van der Waals surface area contributed by atoms with Crippen molar-refractivity contribution >= 4 is 5.91 Å². The molecule has 2 aromatic carbocycles. The van der Waals surface area contributed by atoms with Crippen LogP contribution in [0.4, 0.5) is 0 Å². The monoisotopic (exact) mass is 533 g/mol. The van der Waals surface area contributed by atoms with E-state index in [2.05, 4.69) is 43.0 Å². The highest BCUT2D eigenvalue weighted by molar-refractivity contribution is 5.79. The van der Waals surface area contributed by atoms with E-state index < -0.39 is 0 Å². The SMILES string of the molecule is COCCC(=O)N1C(c2cc(C)c(O)c(C)c2)[C@@]23C[C@@H]4C[C@@]2(CCO[C@H]3c2cc(C)c(O)c(C)c2)[C@H]1C4(C)C. The normalized spacial score (nSPS) is 34.0. The van der Waals surface area contributed by atoms with Gasteiger partial charge in [-0.15, -0.1) is 0 Å². The smallest absolute Gasteiger partial charge is 0.225 e. The minimum absolute atomic E-state index is 0.0231. The summed E-state index contributed by atoms with van der Waals surface area (Å²) in [6, 6.07) is 8.28. The number of aromatic hydroxyl groups is 2. The van der Waals surface area contributed by atoms with Gasteiger partial charge in [0.25, 0.3) is 0 Å². The van der Waals surface area contributed by atoms with Crippen molar-refractivity contribution in [2.24, 2.45) is 22.2 Å². The van der Waals surface area contributed by atoms with Crippen molar-refractivity contribution < 1.29 is 24.5 Å². The molecule has 0 radical (unpaired) electrons. The maximum atomic E-state index is 14.3. The lowest BCUT2D eigenvalue weighted by Crippen LogP contribution is -2.55. The Hall–Kier alpha value is -2.57. The molecule has 39 heavy (non-hydrogen) atoms. The molecule has 2 saturated heterocycles. The predicted octanol–water partition coefficient (Wildman–Crippen LogP) is 6.20. The summed E-state index contributed by atoms with van der Waals surface area (Å²) in [7, 11) is 1.65. The number of phenols is 2. The zero-order chi connectivity index (χ0) is 28.1. The zero-order valence-corrected chi connectivity index (χ0v) is 24.4. The Labute approximate surface area is 232 Å². The van der Waals surface area contributed by atoms with E-state index in [9.17, 15) is 15.0 Å². The molecule has 210 valence electrons. The molecule has 6 heteroatoms. The summed E-state index contributed by atoms with van der Waals surface area (Å²) < 4.78 is 12.2. The van der Waals surface area contributed by atoms with Gasteiger partial charge in [0, 0.05) is 30.6 Å². The third-order valence-electron chi connectivity index (χ3n) is 11.2. The number of hydrogen-bond acceptors (Lipinski definition) is 5. The molecule has 6 atom stereocenters. The number of methoxy groups -OCH3 is 1. The molecule has 6 rings (SSSR count). The highest BCUT2D eigenvalue weighted by Gasteiger charge is 2.83. The Kier molecular flexibility index (Phi) is 5.95. The molecule has 2 aliphatic carbocycles. The summed E-state index contributed by atoms with van der Waals surface area (Å²) in [5.74, 6) is 1.26. The minimum atomic E-state index is -0.315. The quantitative estimate of drug-likeness (QED) is 0.478. The largest absolute Gasteiger partial charge is 0.507 e. The predicted molar refractivity (Wildman–Crippen MR) is 150 cm³/mol. The molecule has 4 fully saturated rings. The second-order valence-corrected chi connectivity index (χ2v) is 13.5. The fourth-order valence-corrected chi connectivity index (χ4v) is 9.78. The minimum Gasteiger partial charge on any atom is -0.507 e. The number of amides is 1. The Morgan fingerprint density at radius 2 is 1.54 bits per heavy atom. The third kappa shape index (κ3) is 3.31. The zero-order valence-electron chi connectivity index (χ0n) is 24.4. The second kappa shape index (κ2) is 8.71. The fourth-order valence-electron chi connectivity index (χ4n) is 9.78. The number of hydrogen-bond donors (Lipinski definition) is 2. The van der Waals surface area contributed by atoms with E-state index in [0.29, 0.717) is 37.1 Å². The van der Waals surface area contributed by atoms with Crippen molar-refractivity contribution in [1.29, 1.82) is 0 Å². The average Bonchev–Trinajstić information content (AvgIpc) is 3.42. The molecule has 1 amide bonds. The van der Waals surface area contributed by atoms with Gasteiger partial charge in [0.05, 0.1) is 25.2 Å². The summed E-state index contributed by atoms with van der Waals surface area (Å²) in [5.41, 5.74) is 5.13. The van der Waals surface area contributed by atoms with Crippen LogP contribution < -0.4 is 0 Å². The van der Waals surface area contributed by atoms with Gasteiger partial charge >= 0.3 is 0 Å². The van der Waals surface area contributed by atoms with Crippen LogP contribution in [0.25, 0.3) is 0 Å². The number of carbonyl (C=O) groups excluding carboxylic acids is 1. The first-order valence-corrected chi connectivity index (χ1v) is 14.4. The van der Waals surface area contributed by atoms with Crippen LogP contribution in [0.2, 0.25) is 0 Å². The molecule has 2 saturated carbocycles. The maximum absolute atomic E-state index is 14.3. The Morgan fingerprint density at radius 1 is 0.974 bits per heavy atom. The van der Waals surface area contributed by atoms with E-state index in [4.69, 9.17) is 9.47 Å².